The maximum Gasteiger partial charge on any atom is 0.338 e. The summed E-state index contributed by atoms with van der Waals surface area (Å²) in [6.45, 7) is 1.80. The van der Waals surface area contributed by atoms with Crippen LogP contribution < -0.4 is 4.89 Å². The lowest BCUT2D eigenvalue weighted by Gasteiger charge is -2.14. The standard InChI is InChI=1S/C18H19FO5/c1-13-7-5-3-2-4-6-8-15(20)11-14-12-16(23-24-19)9-10-17(14)18(21)22-13/h3,5-6,8-10,12-13H,2,4,7,11H2,1H3/b5-3+,8-6+. The zero-order chi connectivity index (χ0) is 17.4. The lowest BCUT2D eigenvalue weighted by Crippen LogP contribution is -2.17. The molecule has 0 saturated heterocycles. The fourth-order valence-corrected chi connectivity index (χ4v) is 2.36. The minimum absolute atomic E-state index is 0.0192. The van der Waals surface area contributed by atoms with Crippen LogP contribution in [-0.2, 0) is 21.0 Å². The van der Waals surface area contributed by atoms with Gasteiger partial charge in [-0.25, -0.2) is 4.79 Å². The van der Waals surface area contributed by atoms with Crippen molar-refractivity contribution in [2.75, 3.05) is 0 Å². The summed E-state index contributed by atoms with van der Waals surface area (Å²) in [7, 11) is 0. The van der Waals surface area contributed by atoms with E-state index in [4.69, 9.17) is 4.74 Å². The van der Waals surface area contributed by atoms with Crippen LogP contribution >= 0.6 is 0 Å². The second-order valence-corrected chi connectivity index (χ2v) is 5.51. The van der Waals surface area contributed by atoms with Gasteiger partial charge in [0.1, 0.15) is 6.10 Å². The van der Waals surface area contributed by atoms with Crippen LogP contribution in [0.2, 0.25) is 0 Å². The summed E-state index contributed by atoms with van der Waals surface area (Å²) >= 11 is 0. The summed E-state index contributed by atoms with van der Waals surface area (Å²) in [5, 5.41) is 3.13. The quantitative estimate of drug-likeness (QED) is 0.356. The first-order valence-electron chi connectivity index (χ1n) is 7.73. The number of fused-ring (bicyclic) bond motifs is 1. The van der Waals surface area contributed by atoms with E-state index in [0.29, 0.717) is 12.0 Å². The Bertz CT molecular complexity index is 651. The largest absolute Gasteiger partial charge is 0.459 e. The van der Waals surface area contributed by atoms with Crippen LogP contribution in [0, 0.1) is 0 Å². The van der Waals surface area contributed by atoms with Gasteiger partial charge in [-0.2, -0.15) is 0 Å². The minimum atomic E-state index is -0.535. The summed E-state index contributed by atoms with van der Waals surface area (Å²) < 4.78 is 17.3. The fraction of sp³-hybridized carbons (Fsp3) is 0.333. The number of ether oxygens (including phenoxy) is 1. The van der Waals surface area contributed by atoms with E-state index in [0.717, 1.165) is 12.8 Å². The number of carbonyl (C=O) groups excluding carboxylic acids is 2. The molecule has 1 atom stereocenters. The fourth-order valence-electron chi connectivity index (χ4n) is 2.36. The molecule has 0 radical (unpaired) electrons. The first-order chi connectivity index (χ1) is 11.6. The zero-order valence-electron chi connectivity index (χ0n) is 13.4. The van der Waals surface area contributed by atoms with Crippen molar-refractivity contribution < 1.29 is 28.8 Å². The molecule has 0 aliphatic carbocycles. The van der Waals surface area contributed by atoms with Crippen LogP contribution in [0.1, 0.15) is 42.1 Å². The Labute approximate surface area is 139 Å². The SMILES string of the molecule is CC1C/C=C/CC/C=C/C(=O)Cc2cc(OOF)ccc2C(=O)O1. The van der Waals surface area contributed by atoms with Crippen LogP contribution in [0.15, 0.2) is 42.5 Å². The van der Waals surface area contributed by atoms with Gasteiger partial charge < -0.3 is 9.62 Å². The van der Waals surface area contributed by atoms with Crippen molar-refractivity contribution in [2.24, 2.45) is 0 Å². The molecule has 0 amide bonds. The van der Waals surface area contributed by atoms with Gasteiger partial charge in [0.2, 0.25) is 0 Å². The molecule has 128 valence electrons. The predicted molar refractivity (Wildman–Crippen MR) is 85.0 cm³/mol. The molecular weight excluding hydrogens is 315 g/mol. The summed E-state index contributed by atoms with van der Waals surface area (Å²) in [5.74, 6) is -0.651. The number of allylic oxidation sites excluding steroid dienone is 3. The molecule has 0 saturated carbocycles. The molecular formula is C18H19FO5. The van der Waals surface area contributed by atoms with Crippen LogP contribution in [-0.4, -0.2) is 17.9 Å². The van der Waals surface area contributed by atoms with Crippen molar-refractivity contribution in [2.45, 2.75) is 38.7 Å². The highest BCUT2D eigenvalue weighted by Crippen LogP contribution is 2.21. The third-order valence-electron chi connectivity index (χ3n) is 3.54. The van der Waals surface area contributed by atoms with Crippen LogP contribution in [0.25, 0.3) is 0 Å². The van der Waals surface area contributed by atoms with Crippen molar-refractivity contribution in [3.63, 3.8) is 0 Å². The number of hydrogen-bond acceptors (Lipinski definition) is 5. The lowest BCUT2D eigenvalue weighted by atomic mass is 10.0. The zero-order valence-corrected chi connectivity index (χ0v) is 13.4. The highest BCUT2D eigenvalue weighted by Gasteiger charge is 2.18. The van der Waals surface area contributed by atoms with Crippen LogP contribution in [0.3, 0.4) is 0 Å². The number of ketones is 1. The van der Waals surface area contributed by atoms with E-state index < -0.39 is 5.97 Å². The van der Waals surface area contributed by atoms with Crippen LogP contribution in [0.5, 0.6) is 5.75 Å². The second-order valence-electron chi connectivity index (χ2n) is 5.51. The Kier molecular flexibility index (Phi) is 6.69. The van der Waals surface area contributed by atoms with E-state index in [1.165, 1.54) is 24.3 Å². The number of esters is 1. The third kappa shape index (κ3) is 5.31. The monoisotopic (exact) mass is 334 g/mol. The highest BCUT2D eigenvalue weighted by molar-refractivity contribution is 5.96. The number of rotatable bonds is 2. The molecule has 1 heterocycles. The van der Waals surface area contributed by atoms with E-state index >= 15 is 0 Å². The van der Waals surface area contributed by atoms with E-state index in [9.17, 15) is 14.1 Å². The summed E-state index contributed by atoms with van der Waals surface area (Å²) in [5.41, 5.74) is 0.639. The topological polar surface area (TPSA) is 61.8 Å². The second kappa shape index (κ2) is 8.98. The molecule has 1 aliphatic heterocycles. The average molecular weight is 334 g/mol. The maximum atomic E-state index is 12.3. The molecule has 0 fully saturated rings. The van der Waals surface area contributed by atoms with Crippen LogP contribution in [0.4, 0.5) is 4.53 Å². The molecule has 0 N–H and O–H groups in total. The van der Waals surface area contributed by atoms with Gasteiger partial charge in [0, 0.05) is 17.9 Å². The van der Waals surface area contributed by atoms with Gasteiger partial charge in [-0.3, -0.25) is 4.79 Å². The molecule has 0 aromatic heterocycles. The normalized spacial score (nSPS) is 22.0. The molecule has 1 aliphatic rings. The molecule has 1 aromatic rings. The van der Waals surface area contributed by atoms with Gasteiger partial charge in [0.15, 0.2) is 11.5 Å². The van der Waals surface area contributed by atoms with E-state index in [1.807, 2.05) is 12.2 Å². The third-order valence-corrected chi connectivity index (χ3v) is 3.54. The molecule has 0 bridgehead atoms. The maximum absolute atomic E-state index is 12.3. The van der Waals surface area contributed by atoms with Crippen molar-refractivity contribution in [1.82, 2.24) is 0 Å². The number of carbonyl (C=O) groups is 2. The van der Waals surface area contributed by atoms with Crippen molar-refractivity contribution >= 4 is 11.8 Å². The molecule has 24 heavy (non-hydrogen) atoms. The summed E-state index contributed by atoms with van der Waals surface area (Å²) in [6, 6.07) is 4.18. The Morgan fingerprint density at radius 2 is 1.96 bits per heavy atom. The van der Waals surface area contributed by atoms with Gasteiger partial charge in [0.25, 0.3) is 0 Å². The van der Waals surface area contributed by atoms with Crippen molar-refractivity contribution in [1.29, 1.82) is 0 Å². The molecule has 0 spiro atoms. The molecule has 5 nitrogen and oxygen atoms in total. The van der Waals surface area contributed by atoms with Crippen molar-refractivity contribution in [3.8, 4) is 5.75 Å². The molecule has 2 rings (SSSR count). The van der Waals surface area contributed by atoms with Gasteiger partial charge >= 0.3 is 5.97 Å². The van der Waals surface area contributed by atoms with E-state index in [2.05, 4.69) is 9.98 Å². The van der Waals surface area contributed by atoms with E-state index in [-0.39, 0.29) is 29.6 Å². The average Bonchev–Trinajstić information content (AvgIpc) is 2.53. The lowest BCUT2D eigenvalue weighted by molar-refractivity contribution is -0.367. The van der Waals surface area contributed by atoms with Gasteiger partial charge in [-0.1, -0.05) is 18.2 Å². The molecule has 1 aromatic carbocycles. The number of cyclic esters (lactones) is 1. The Balaban J connectivity index is 2.33. The van der Waals surface area contributed by atoms with E-state index in [1.54, 1.807) is 13.0 Å². The summed E-state index contributed by atoms with van der Waals surface area (Å²) in [4.78, 5) is 28.7. The number of hydrogen-bond donors (Lipinski definition) is 0. The molecule has 1 unspecified atom stereocenters. The van der Waals surface area contributed by atoms with Crippen molar-refractivity contribution in [3.05, 3.63) is 53.6 Å². The van der Waals surface area contributed by atoms with Gasteiger partial charge in [-0.15, -0.1) is 0 Å². The summed E-state index contributed by atoms with van der Waals surface area (Å²) in [6.07, 6.45) is 9.10. The Hall–Kier alpha value is -2.47. The first kappa shape index (κ1) is 17.9. The minimum Gasteiger partial charge on any atom is -0.459 e. The number of benzene rings is 1. The van der Waals surface area contributed by atoms with Gasteiger partial charge in [-0.05, 0) is 54.1 Å². The highest BCUT2D eigenvalue weighted by atomic mass is 19.3. The Morgan fingerprint density at radius 1 is 1.17 bits per heavy atom. The molecule has 6 heteroatoms. The number of halogens is 1. The first-order valence-corrected chi connectivity index (χ1v) is 7.73. The Morgan fingerprint density at radius 3 is 2.75 bits per heavy atom. The van der Waals surface area contributed by atoms with Gasteiger partial charge in [0.05, 0.1) is 5.56 Å². The predicted octanol–water partition coefficient (Wildman–Crippen LogP) is 3.83. The smallest absolute Gasteiger partial charge is 0.338 e.